The minimum atomic E-state index is -1.43. The number of hydrogen-bond acceptors (Lipinski definition) is 2. The molecular formula is C15H17F2NO3. The van der Waals surface area contributed by atoms with Crippen molar-refractivity contribution in [2.75, 3.05) is 6.54 Å². The van der Waals surface area contributed by atoms with Crippen molar-refractivity contribution in [3.05, 3.63) is 34.9 Å². The van der Waals surface area contributed by atoms with Crippen LogP contribution in [0.1, 0.15) is 42.1 Å². The van der Waals surface area contributed by atoms with Crippen molar-refractivity contribution in [2.24, 2.45) is 0 Å². The molecule has 1 aliphatic heterocycles. The van der Waals surface area contributed by atoms with Crippen LogP contribution < -0.4 is 0 Å². The van der Waals surface area contributed by atoms with Crippen LogP contribution in [-0.2, 0) is 4.79 Å². The van der Waals surface area contributed by atoms with E-state index in [0.29, 0.717) is 12.8 Å². The quantitative estimate of drug-likeness (QED) is 0.913. The van der Waals surface area contributed by atoms with Gasteiger partial charge in [-0.25, -0.2) is 13.6 Å². The smallest absolute Gasteiger partial charge is 0.329 e. The van der Waals surface area contributed by atoms with Gasteiger partial charge in [0, 0.05) is 6.54 Å². The largest absolute Gasteiger partial charge is 0.480 e. The van der Waals surface area contributed by atoms with Gasteiger partial charge in [0.05, 0.1) is 0 Å². The molecule has 4 nitrogen and oxygen atoms in total. The van der Waals surface area contributed by atoms with E-state index in [2.05, 4.69) is 0 Å². The molecule has 1 saturated heterocycles. The third kappa shape index (κ3) is 2.50. The SMILES string of the molecule is Cc1ccc(F)c(C(=O)N2CCCCC2(C)C(=O)O)c1F. The molecule has 0 spiro atoms. The van der Waals surface area contributed by atoms with E-state index in [1.807, 2.05) is 0 Å². The Hall–Kier alpha value is -1.98. The summed E-state index contributed by atoms with van der Waals surface area (Å²) >= 11 is 0. The number of amides is 1. The number of nitrogens with zero attached hydrogens (tertiary/aromatic N) is 1. The number of piperidine rings is 1. The maximum atomic E-state index is 14.1. The van der Waals surface area contributed by atoms with Crippen LogP contribution in [0.3, 0.4) is 0 Å². The van der Waals surface area contributed by atoms with Gasteiger partial charge in [-0.05, 0) is 44.7 Å². The Morgan fingerprint density at radius 3 is 2.57 bits per heavy atom. The fraction of sp³-hybridized carbons (Fsp3) is 0.467. The molecule has 1 N–H and O–H groups in total. The molecule has 1 aliphatic rings. The van der Waals surface area contributed by atoms with Gasteiger partial charge < -0.3 is 10.0 Å². The van der Waals surface area contributed by atoms with Gasteiger partial charge in [-0.2, -0.15) is 0 Å². The Balaban J connectivity index is 2.48. The Kier molecular flexibility index (Phi) is 3.98. The lowest BCUT2D eigenvalue weighted by molar-refractivity contribution is -0.150. The van der Waals surface area contributed by atoms with Crippen LogP contribution in [0, 0.1) is 18.6 Å². The highest BCUT2D eigenvalue weighted by Gasteiger charge is 2.45. The highest BCUT2D eigenvalue weighted by Crippen LogP contribution is 2.31. The third-order valence-electron chi connectivity index (χ3n) is 4.09. The van der Waals surface area contributed by atoms with E-state index in [4.69, 9.17) is 0 Å². The van der Waals surface area contributed by atoms with Gasteiger partial charge in [-0.15, -0.1) is 0 Å². The maximum absolute atomic E-state index is 14.1. The molecule has 0 saturated carbocycles. The van der Waals surface area contributed by atoms with Crippen LogP contribution in [-0.4, -0.2) is 34.0 Å². The number of likely N-dealkylation sites (tertiary alicyclic amines) is 1. The number of carbonyl (C=O) groups excluding carboxylic acids is 1. The van der Waals surface area contributed by atoms with Crippen LogP contribution >= 0.6 is 0 Å². The van der Waals surface area contributed by atoms with Crippen molar-refractivity contribution >= 4 is 11.9 Å². The maximum Gasteiger partial charge on any atom is 0.329 e. The van der Waals surface area contributed by atoms with Gasteiger partial charge in [-0.3, -0.25) is 4.79 Å². The zero-order chi connectivity index (χ0) is 15.8. The van der Waals surface area contributed by atoms with Gasteiger partial charge in [0.15, 0.2) is 0 Å². The van der Waals surface area contributed by atoms with Crippen LogP contribution in [0.15, 0.2) is 12.1 Å². The molecule has 1 atom stereocenters. The highest BCUT2D eigenvalue weighted by molar-refractivity contribution is 5.98. The predicted octanol–water partition coefficient (Wildman–Crippen LogP) is 2.74. The summed E-state index contributed by atoms with van der Waals surface area (Å²) in [6.07, 6.45) is 1.54. The molecule has 1 aromatic carbocycles. The number of carbonyl (C=O) groups is 2. The van der Waals surface area contributed by atoms with E-state index in [-0.39, 0.29) is 18.5 Å². The fourth-order valence-corrected chi connectivity index (χ4v) is 2.66. The number of halogens is 2. The lowest BCUT2D eigenvalue weighted by Crippen LogP contribution is -2.57. The van der Waals surface area contributed by atoms with E-state index < -0.39 is 34.6 Å². The summed E-state index contributed by atoms with van der Waals surface area (Å²) < 4.78 is 27.9. The second-order valence-electron chi connectivity index (χ2n) is 5.55. The summed E-state index contributed by atoms with van der Waals surface area (Å²) in [5, 5.41) is 9.38. The van der Waals surface area contributed by atoms with Gasteiger partial charge in [0.25, 0.3) is 5.91 Å². The molecule has 0 aliphatic carbocycles. The summed E-state index contributed by atoms with van der Waals surface area (Å²) in [5.41, 5.74) is -1.96. The zero-order valence-electron chi connectivity index (χ0n) is 11.9. The Bertz CT molecular complexity index is 603. The van der Waals surface area contributed by atoms with E-state index >= 15 is 0 Å². The van der Waals surface area contributed by atoms with Crippen LogP contribution in [0.4, 0.5) is 8.78 Å². The topological polar surface area (TPSA) is 57.6 Å². The molecule has 2 rings (SSSR count). The Labute approximate surface area is 121 Å². The number of hydrogen-bond donors (Lipinski definition) is 1. The highest BCUT2D eigenvalue weighted by atomic mass is 19.1. The predicted molar refractivity (Wildman–Crippen MR) is 72.0 cm³/mol. The van der Waals surface area contributed by atoms with Crippen molar-refractivity contribution < 1.29 is 23.5 Å². The number of benzene rings is 1. The Morgan fingerprint density at radius 1 is 1.29 bits per heavy atom. The lowest BCUT2D eigenvalue weighted by atomic mass is 9.87. The monoisotopic (exact) mass is 297 g/mol. The molecule has 0 radical (unpaired) electrons. The first-order valence-electron chi connectivity index (χ1n) is 6.79. The summed E-state index contributed by atoms with van der Waals surface area (Å²) in [4.78, 5) is 25.0. The van der Waals surface area contributed by atoms with Crippen LogP contribution in [0.5, 0.6) is 0 Å². The molecule has 1 fully saturated rings. The van der Waals surface area contributed by atoms with Crippen molar-refractivity contribution in [3.8, 4) is 0 Å². The minimum Gasteiger partial charge on any atom is -0.480 e. The van der Waals surface area contributed by atoms with Crippen molar-refractivity contribution in [3.63, 3.8) is 0 Å². The van der Waals surface area contributed by atoms with E-state index in [1.54, 1.807) is 0 Å². The molecule has 0 bridgehead atoms. The van der Waals surface area contributed by atoms with Crippen LogP contribution in [0.2, 0.25) is 0 Å². The Morgan fingerprint density at radius 2 is 1.95 bits per heavy atom. The molecule has 6 heteroatoms. The molecule has 1 amide bonds. The number of aryl methyl sites for hydroxylation is 1. The number of aliphatic carboxylic acids is 1. The number of carboxylic acids is 1. The summed E-state index contributed by atoms with van der Waals surface area (Å²) in [6.45, 7) is 3.02. The standard InChI is InChI=1S/C15H17F2NO3/c1-9-5-6-10(16)11(12(9)17)13(19)18-8-4-3-7-15(18,2)14(20)21/h5-6H,3-4,7-8H2,1-2H3,(H,20,21). The van der Waals surface area contributed by atoms with Crippen molar-refractivity contribution in [1.29, 1.82) is 0 Å². The normalized spacial score (nSPS) is 22.2. The first kappa shape index (κ1) is 15.4. The van der Waals surface area contributed by atoms with Gasteiger partial charge >= 0.3 is 5.97 Å². The average molecular weight is 297 g/mol. The average Bonchev–Trinajstić information content (AvgIpc) is 2.43. The molecular weight excluding hydrogens is 280 g/mol. The molecule has 0 aromatic heterocycles. The molecule has 1 aromatic rings. The van der Waals surface area contributed by atoms with Crippen LogP contribution in [0.25, 0.3) is 0 Å². The molecule has 21 heavy (non-hydrogen) atoms. The third-order valence-corrected chi connectivity index (χ3v) is 4.09. The fourth-order valence-electron chi connectivity index (χ4n) is 2.66. The summed E-state index contributed by atoms with van der Waals surface area (Å²) in [5.74, 6) is -3.97. The second-order valence-corrected chi connectivity index (χ2v) is 5.55. The van der Waals surface area contributed by atoms with E-state index in [9.17, 15) is 23.5 Å². The minimum absolute atomic E-state index is 0.147. The van der Waals surface area contributed by atoms with Gasteiger partial charge in [-0.1, -0.05) is 6.07 Å². The molecule has 1 heterocycles. The summed E-state index contributed by atoms with van der Waals surface area (Å²) in [7, 11) is 0. The molecule has 114 valence electrons. The zero-order valence-corrected chi connectivity index (χ0v) is 11.9. The summed E-state index contributed by atoms with van der Waals surface area (Å²) in [6, 6.07) is 2.27. The second kappa shape index (κ2) is 5.42. The van der Waals surface area contributed by atoms with Crippen molar-refractivity contribution in [1.82, 2.24) is 4.90 Å². The first-order valence-corrected chi connectivity index (χ1v) is 6.79. The van der Waals surface area contributed by atoms with Gasteiger partial charge in [0.2, 0.25) is 0 Å². The van der Waals surface area contributed by atoms with Crippen molar-refractivity contribution in [2.45, 2.75) is 38.6 Å². The van der Waals surface area contributed by atoms with E-state index in [1.165, 1.54) is 19.9 Å². The van der Waals surface area contributed by atoms with Gasteiger partial charge in [0.1, 0.15) is 22.7 Å². The molecule has 1 unspecified atom stereocenters. The number of rotatable bonds is 2. The number of carboxylic acid groups (broad SMARTS) is 1. The lowest BCUT2D eigenvalue weighted by Gasteiger charge is -2.41. The first-order chi connectivity index (χ1) is 9.79. The van der Waals surface area contributed by atoms with E-state index in [0.717, 1.165) is 11.0 Å².